The van der Waals surface area contributed by atoms with Crippen LogP contribution in [0.25, 0.3) is 66.8 Å². The number of hydrogen-bond acceptors (Lipinski definition) is 3. The summed E-state index contributed by atoms with van der Waals surface area (Å²) in [6.45, 7) is 15.0. The maximum Gasteiger partial charge on any atom is 0.180 e. The van der Waals surface area contributed by atoms with Crippen LogP contribution in [-0.4, -0.2) is 27.2 Å². The zero-order chi connectivity index (χ0) is 50.3. The quantitative estimate of drug-likeness (QED) is 0.136. The summed E-state index contributed by atoms with van der Waals surface area (Å²) in [5.74, 6) is 0. The van der Waals surface area contributed by atoms with E-state index in [-0.39, 0.29) is 0 Å². The van der Waals surface area contributed by atoms with Crippen LogP contribution in [0.4, 0.5) is 0 Å². The second-order valence-electron chi connectivity index (χ2n) is 18.2. The maximum absolute atomic E-state index is 5.07. The molecule has 9 heteroatoms. The van der Waals surface area contributed by atoms with Crippen LogP contribution in [0, 0.1) is 41.5 Å². The molecule has 8 aromatic rings. The molecular formula is C62H53Cl6N3. The summed E-state index contributed by atoms with van der Waals surface area (Å²) in [5.41, 5.74) is 28.4. The molecule has 8 aromatic carbocycles. The van der Waals surface area contributed by atoms with Gasteiger partial charge in [0, 0.05) is 18.6 Å². The number of halogens is 6. The molecule has 0 atom stereocenters. The molecule has 0 aliphatic carbocycles. The molecule has 71 heavy (non-hydrogen) atoms. The van der Waals surface area contributed by atoms with Crippen LogP contribution in [0.1, 0.15) is 66.8 Å². The Hall–Kier alpha value is -5.49. The predicted molar refractivity (Wildman–Crippen MR) is 311 cm³/mol. The Bertz CT molecular complexity index is 2970. The lowest BCUT2D eigenvalue weighted by molar-refractivity contribution is 1.07. The maximum atomic E-state index is 5.07. The lowest BCUT2D eigenvalue weighted by Gasteiger charge is -2.17. The van der Waals surface area contributed by atoms with Crippen LogP contribution in [0.5, 0.6) is 0 Å². The SMILES string of the molecule is Cc1ccc2cc1-c1cc3cc(c1)-c1cc(ccc1C)C=NCc1ccc(C)c(c1)-c1cc(cc(c1)-c1cc(ccc1C)CN=Cc1ccc(C)c-3c1)-c1cc(ccc1C)CN=C2.ClC(Cl)Cl.ClC(Cl)Cl. The van der Waals surface area contributed by atoms with E-state index in [2.05, 4.69) is 187 Å². The third-order valence-corrected chi connectivity index (χ3v) is 13.0. The van der Waals surface area contributed by atoms with Gasteiger partial charge in [-0.1, -0.05) is 142 Å². The highest BCUT2D eigenvalue weighted by Crippen LogP contribution is 2.40. The molecule has 0 saturated carbocycles. The summed E-state index contributed by atoms with van der Waals surface area (Å²) < 4.78 is -1.50. The fourth-order valence-corrected chi connectivity index (χ4v) is 9.29. The highest BCUT2D eigenvalue weighted by atomic mass is 35.6. The molecule has 0 spiro atoms. The number of nitrogens with zero attached hydrogens (tertiary/aromatic N) is 3. The first kappa shape index (κ1) is 51.9. The largest absolute Gasteiger partial charge is 0.288 e. The first-order valence-corrected chi connectivity index (χ1v) is 26.0. The molecule has 0 saturated heterocycles. The van der Waals surface area contributed by atoms with Gasteiger partial charge in [-0.15, -0.1) is 0 Å². The molecule has 358 valence electrons. The van der Waals surface area contributed by atoms with Gasteiger partial charge in [0.1, 0.15) is 0 Å². The Morgan fingerprint density at radius 2 is 0.479 bits per heavy atom. The minimum absolute atomic E-state index is 0.581. The van der Waals surface area contributed by atoms with Crippen molar-refractivity contribution in [2.45, 2.75) is 69.8 Å². The van der Waals surface area contributed by atoms with Crippen LogP contribution in [0.15, 0.2) is 161 Å². The lowest BCUT2D eigenvalue weighted by atomic mass is 9.88. The summed E-state index contributed by atoms with van der Waals surface area (Å²) >= 11 is 28.8. The van der Waals surface area contributed by atoms with Gasteiger partial charge in [-0.3, -0.25) is 15.0 Å². The van der Waals surface area contributed by atoms with Gasteiger partial charge in [0.15, 0.2) is 8.59 Å². The van der Waals surface area contributed by atoms with Crippen LogP contribution in [0.3, 0.4) is 0 Å². The summed E-state index contributed by atoms with van der Waals surface area (Å²) in [6, 6.07) is 54.7. The number of aryl methyl sites for hydroxylation is 6. The van der Waals surface area contributed by atoms with E-state index < -0.39 is 8.59 Å². The van der Waals surface area contributed by atoms with Crippen molar-refractivity contribution in [1.29, 1.82) is 0 Å². The molecule has 18 bridgehead atoms. The highest BCUT2D eigenvalue weighted by molar-refractivity contribution is 6.63. The summed E-state index contributed by atoms with van der Waals surface area (Å²) in [4.78, 5) is 15.2. The molecule has 3 aliphatic rings. The van der Waals surface area contributed by atoms with Crippen molar-refractivity contribution in [2.24, 2.45) is 15.0 Å². The Kier molecular flexibility index (Phi) is 17.1. The molecule has 3 nitrogen and oxygen atoms in total. The minimum Gasteiger partial charge on any atom is -0.288 e. The van der Waals surface area contributed by atoms with Crippen molar-refractivity contribution in [3.8, 4) is 66.8 Å². The van der Waals surface area contributed by atoms with Crippen molar-refractivity contribution in [1.82, 2.24) is 0 Å². The number of benzene rings is 8. The summed E-state index contributed by atoms with van der Waals surface area (Å²) in [5, 5.41) is 0. The Morgan fingerprint density at radius 3 is 0.704 bits per heavy atom. The van der Waals surface area contributed by atoms with E-state index in [1.807, 2.05) is 18.6 Å². The van der Waals surface area contributed by atoms with E-state index in [0.717, 1.165) is 16.7 Å². The van der Waals surface area contributed by atoms with Crippen LogP contribution >= 0.6 is 69.6 Å². The number of aliphatic imine (C=N–C) groups is 3. The van der Waals surface area contributed by atoms with Crippen molar-refractivity contribution in [2.75, 3.05) is 0 Å². The molecule has 3 aliphatic heterocycles. The van der Waals surface area contributed by atoms with Crippen molar-refractivity contribution >= 4 is 88.2 Å². The smallest absolute Gasteiger partial charge is 0.180 e. The Balaban J connectivity index is 0.000000788. The average molecular weight is 1050 g/mol. The van der Waals surface area contributed by atoms with E-state index in [0.29, 0.717) is 19.6 Å². The molecule has 11 rings (SSSR count). The molecule has 3 heterocycles. The molecule has 0 amide bonds. The Labute approximate surface area is 448 Å². The molecular weight excluding hydrogens is 999 g/mol. The summed E-state index contributed by atoms with van der Waals surface area (Å²) in [7, 11) is 0. The average Bonchev–Trinajstić information content (AvgIpc) is 3.33. The van der Waals surface area contributed by atoms with Gasteiger partial charge in [-0.2, -0.15) is 0 Å². The van der Waals surface area contributed by atoms with E-state index in [4.69, 9.17) is 84.6 Å². The van der Waals surface area contributed by atoms with Gasteiger partial charge < -0.3 is 0 Å². The normalized spacial score (nSPS) is 12.4. The number of hydrogen-bond donors (Lipinski definition) is 0. The van der Waals surface area contributed by atoms with Crippen molar-refractivity contribution < 1.29 is 0 Å². The van der Waals surface area contributed by atoms with Gasteiger partial charge in [0.05, 0.1) is 19.6 Å². The van der Waals surface area contributed by atoms with Crippen LogP contribution in [0.2, 0.25) is 0 Å². The second-order valence-corrected chi connectivity index (χ2v) is 22.1. The molecule has 0 N–H and O–H groups in total. The van der Waals surface area contributed by atoms with Crippen molar-refractivity contribution in [3.63, 3.8) is 0 Å². The van der Waals surface area contributed by atoms with Gasteiger partial charge in [0.25, 0.3) is 0 Å². The fraction of sp³-hybridized carbons (Fsp3) is 0.177. The fourth-order valence-electron chi connectivity index (χ4n) is 9.29. The third-order valence-electron chi connectivity index (χ3n) is 13.0. The van der Waals surface area contributed by atoms with Gasteiger partial charge in [-0.25, -0.2) is 0 Å². The van der Waals surface area contributed by atoms with Gasteiger partial charge >= 0.3 is 0 Å². The van der Waals surface area contributed by atoms with Gasteiger partial charge in [0.2, 0.25) is 0 Å². The third kappa shape index (κ3) is 13.1. The first-order chi connectivity index (χ1) is 34.1. The van der Waals surface area contributed by atoms with Gasteiger partial charge in [-0.05, 0) is 248 Å². The van der Waals surface area contributed by atoms with E-state index in [1.54, 1.807) is 0 Å². The van der Waals surface area contributed by atoms with E-state index in [1.165, 1.54) is 117 Å². The summed E-state index contributed by atoms with van der Waals surface area (Å²) in [6.07, 6.45) is 6.11. The second kappa shape index (κ2) is 23.4. The number of alkyl halides is 6. The zero-order valence-electron chi connectivity index (χ0n) is 40.5. The van der Waals surface area contributed by atoms with Crippen LogP contribution in [-0.2, 0) is 19.6 Å². The minimum atomic E-state index is -0.750. The topological polar surface area (TPSA) is 37.1 Å². The molecule has 0 aromatic heterocycles. The number of rotatable bonds is 0. The van der Waals surface area contributed by atoms with E-state index in [9.17, 15) is 0 Å². The zero-order valence-corrected chi connectivity index (χ0v) is 45.0. The molecule has 0 unspecified atom stereocenters. The highest BCUT2D eigenvalue weighted by Gasteiger charge is 2.16. The number of fused-ring (bicyclic) bond motifs is 3. The molecule has 0 fully saturated rings. The monoisotopic (exact) mass is 1050 g/mol. The van der Waals surface area contributed by atoms with Crippen LogP contribution < -0.4 is 0 Å². The first-order valence-electron chi connectivity index (χ1n) is 23.4. The van der Waals surface area contributed by atoms with Crippen molar-refractivity contribution in [3.05, 3.63) is 212 Å². The predicted octanol–water partition coefficient (Wildman–Crippen LogP) is 19.0. The van der Waals surface area contributed by atoms with E-state index >= 15 is 0 Å². The lowest BCUT2D eigenvalue weighted by Crippen LogP contribution is -1.96. The molecule has 0 radical (unpaired) electrons. The standard InChI is InChI=1S/C60H51N3.2CHCl3/c1-37-7-13-43-19-55(37)49-25-50-27-51(26-49)57-21-45(15-9-39(57)3)34-63-36-48-18-12-42(6)60(24-48)54-29-52(58-22-46(32-61-31-43)16-10-40(58)4)28-53(30-54)59-23-47(17-11-41(59)5)35-62-33-44-14-8-38(2)56(50)20-44;2*2-1(3)4/h7-31,33-34H,32,35-36H2,1-6H3;2*1H. The Morgan fingerprint density at radius 1 is 0.282 bits per heavy atom.